The van der Waals surface area contributed by atoms with Gasteiger partial charge >= 0.3 is 17.9 Å². The predicted octanol–water partition coefficient (Wildman–Crippen LogP) is 3.08. The minimum absolute atomic E-state index is 0.163. The Hall–Kier alpha value is -3.15. The van der Waals surface area contributed by atoms with Crippen LogP contribution in [-0.4, -0.2) is 23.0 Å². The monoisotopic (exact) mass is 318 g/mol. The number of carbonyl (C=O) groups is 3. The van der Waals surface area contributed by atoms with Crippen molar-refractivity contribution in [1.29, 1.82) is 0 Å². The summed E-state index contributed by atoms with van der Waals surface area (Å²) in [5.74, 6) is -1.81. The maximum Gasteiger partial charge on any atom is 0.342 e. The van der Waals surface area contributed by atoms with Crippen molar-refractivity contribution in [3.63, 3.8) is 0 Å². The number of esters is 2. The molecule has 0 fully saturated rings. The minimum atomic E-state index is -1.02. The van der Waals surface area contributed by atoms with E-state index in [0.29, 0.717) is 12.0 Å². The van der Waals surface area contributed by atoms with Crippen LogP contribution in [0.15, 0.2) is 68.2 Å². The molecule has 0 aliphatic heterocycles. The van der Waals surface area contributed by atoms with Crippen LogP contribution >= 0.6 is 0 Å². The minimum Gasteiger partial charge on any atom is -0.478 e. The van der Waals surface area contributed by atoms with Crippen LogP contribution in [0.2, 0.25) is 0 Å². The SMILES string of the molecule is C=COC(=O)CC/C=C/C(=O)O.C=COC(=O)c1ccccc1. The maximum absolute atomic E-state index is 11.0. The molecular weight excluding hydrogens is 300 g/mol. The fraction of sp³-hybridized carbons (Fsp3) is 0.118. The molecule has 6 heteroatoms. The molecular formula is C17H18O6. The zero-order valence-electron chi connectivity index (χ0n) is 12.5. The lowest BCUT2D eigenvalue weighted by molar-refractivity contribution is -0.138. The van der Waals surface area contributed by atoms with Gasteiger partial charge in [-0.15, -0.1) is 0 Å². The number of carboxylic acid groups (broad SMARTS) is 1. The van der Waals surface area contributed by atoms with Crippen LogP contribution in [0.25, 0.3) is 0 Å². The molecule has 1 N–H and O–H groups in total. The number of ether oxygens (including phenoxy) is 2. The van der Waals surface area contributed by atoms with Gasteiger partial charge in [-0.2, -0.15) is 0 Å². The highest BCUT2D eigenvalue weighted by Crippen LogP contribution is 2.00. The lowest BCUT2D eigenvalue weighted by Gasteiger charge is -1.96. The highest BCUT2D eigenvalue weighted by molar-refractivity contribution is 5.89. The summed E-state index contributed by atoms with van der Waals surface area (Å²) in [5, 5.41) is 8.16. The Morgan fingerprint density at radius 2 is 1.65 bits per heavy atom. The van der Waals surface area contributed by atoms with Gasteiger partial charge in [-0.05, 0) is 18.6 Å². The molecule has 0 saturated heterocycles. The number of aliphatic carboxylic acids is 1. The summed E-state index contributed by atoms with van der Waals surface area (Å²) >= 11 is 0. The second kappa shape index (κ2) is 12.6. The number of carbonyl (C=O) groups excluding carboxylic acids is 2. The molecule has 0 spiro atoms. The quantitative estimate of drug-likeness (QED) is 0.472. The highest BCUT2D eigenvalue weighted by atomic mass is 16.5. The number of hydrogen-bond donors (Lipinski definition) is 1. The lowest BCUT2D eigenvalue weighted by Crippen LogP contribution is -1.98. The molecule has 23 heavy (non-hydrogen) atoms. The zero-order valence-corrected chi connectivity index (χ0v) is 12.5. The Morgan fingerprint density at radius 3 is 2.17 bits per heavy atom. The third-order valence-corrected chi connectivity index (χ3v) is 2.19. The van der Waals surface area contributed by atoms with Gasteiger partial charge in [-0.3, -0.25) is 4.79 Å². The maximum atomic E-state index is 11.0. The van der Waals surface area contributed by atoms with Crippen LogP contribution in [-0.2, 0) is 19.1 Å². The molecule has 0 aliphatic carbocycles. The van der Waals surface area contributed by atoms with E-state index in [2.05, 4.69) is 22.6 Å². The number of benzene rings is 1. The number of hydrogen-bond acceptors (Lipinski definition) is 5. The van der Waals surface area contributed by atoms with Gasteiger partial charge in [-0.25, -0.2) is 9.59 Å². The van der Waals surface area contributed by atoms with E-state index in [1.807, 2.05) is 6.07 Å². The average molecular weight is 318 g/mol. The molecule has 0 aromatic heterocycles. The Bertz CT molecular complexity index is 560. The summed E-state index contributed by atoms with van der Waals surface area (Å²) < 4.78 is 8.95. The van der Waals surface area contributed by atoms with Crippen LogP contribution in [0.4, 0.5) is 0 Å². The average Bonchev–Trinajstić information content (AvgIpc) is 2.53. The summed E-state index contributed by atoms with van der Waals surface area (Å²) in [7, 11) is 0. The Balaban J connectivity index is 0.000000422. The van der Waals surface area contributed by atoms with E-state index in [1.54, 1.807) is 24.3 Å². The molecule has 0 heterocycles. The third-order valence-electron chi connectivity index (χ3n) is 2.19. The summed E-state index contributed by atoms with van der Waals surface area (Å²) in [5.41, 5.74) is 0.535. The van der Waals surface area contributed by atoms with Crippen LogP contribution < -0.4 is 0 Å². The van der Waals surface area contributed by atoms with E-state index >= 15 is 0 Å². The first-order valence-electron chi connectivity index (χ1n) is 6.58. The van der Waals surface area contributed by atoms with Gasteiger partial charge < -0.3 is 14.6 Å². The first-order chi connectivity index (χ1) is 11.0. The Kier molecular flexibility index (Phi) is 10.9. The van der Waals surface area contributed by atoms with E-state index in [0.717, 1.165) is 18.6 Å². The molecule has 0 amide bonds. The molecule has 0 radical (unpaired) electrons. The van der Waals surface area contributed by atoms with E-state index in [4.69, 9.17) is 5.11 Å². The first kappa shape index (κ1) is 19.9. The Labute approximate surface area is 134 Å². The van der Waals surface area contributed by atoms with Gasteiger partial charge in [0.25, 0.3) is 0 Å². The van der Waals surface area contributed by atoms with Crippen molar-refractivity contribution in [2.75, 3.05) is 0 Å². The van der Waals surface area contributed by atoms with E-state index in [1.165, 1.54) is 6.08 Å². The number of allylic oxidation sites excluding steroid dienone is 1. The fourth-order valence-corrected chi connectivity index (χ4v) is 1.26. The Morgan fingerprint density at radius 1 is 1.04 bits per heavy atom. The molecule has 0 atom stereocenters. The summed E-state index contributed by atoms with van der Waals surface area (Å²) in [4.78, 5) is 31.5. The standard InChI is InChI=1S/C9H8O2.C8H10O4/c1-2-11-9(10)8-6-4-3-5-7-8;1-2-12-8(11)6-4-3-5-7(9)10/h2-7H,1H2;2-3,5H,1,4,6H2,(H,9,10)/b;5-3+. The second-order valence-electron chi connectivity index (χ2n) is 3.87. The van der Waals surface area contributed by atoms with E-state index in [-0.39, 0.29) is 12.4 Å². The molecule has 1 aromatic carbocycles. The van der Waals surface area contributed by atoms with Gasteiger partial charge in [-0.1, -0.05) is 37.4 Å². The normalized spacial score (nSPS) is 9.22. The lowest BCUT2D eigenvalue weighted by atomic mass is 10.2. The third kappa shape index (κ3) is 11.2. The summed E-state index contributed by atoms with van der Waals surface area (Å²) in [6.45, 7) is 6.49. The molecule has 0 bridgehead atoms. The topological polar surface area (TPSA) is 89.9 Å². The van der Waals surface area contributed by atoms with Crippen molar-refractivity contribution in [1.82, 2.24) is 0 Å². The van der Waals surface area contributed by atoms with Gasteiger partial charge in [0, 0.05) is 12.5 Å². The molecule has 1 rings (SSSR count). The van der Waals surface area contributed by atoms with Crippen molar-refractivity contribution in [3.8, 4) is 0 Å². The largest absolute Gasteiger partial charge is 0.478 e. The second-order valence-corrected chi connectivity index (χ2v) is 3.87. The van der Waals surface area contributed by atoms with Crippen LogP contribution in [0, 0.1) is 0 Å². The van der Waals surface area contributed by atoms with Crippen LogP contribution in [0.1, 0.15) is 23.2 Å². The smallest absolute Gasteiger partial charge is 0.342 e. The molecule has 0 saturated carbocycles. The van der Waals surface area contributed by atoms with Gasteiger partial charge in [0.2, 0.25) is 0 Å². The predicted molar refractivity (Wildman–Crippen MR) is 84.4 cm³/mol. The molecule has 6 nitrogen and oxygen atoms in total. The molecule has 1 aromatic rings. The highest BCUT2D eigenvalue weighted by Gasteiger charge is 2.01. The molecule has 0 unspecified atom stereocenters. The number of rotatable bonds is 7. The van der Waals surface area contributed by atoms with Crippen molar-refractivity contribution >= 4 is 17.9 Å². The number of carboxylic acids is 1. The van der Waals surface area contributed by atoms with Crippen LogP contribution in [0.3, 0.4) is 0 Å². The summed E-state index contributed by atoms with van der Waals surface area (Å²) in [6, 6.07) is 8.77. The van der Waals surface area contributed by atoms with Gasteiger partial charge in [0.05, 0.1) is 18.1 Å². The van der Waals surface area contributed by atoms with E-state index in [9.17, 15) is 14.4 Å². The van der Waals surface area contributed by atoms with E-state index < -0.39 is 11.9 Å². The van der Waals surface area contributed by atoms with Crippen molar-refractivity contribution in [3.05, 3.63) is 73.7 Å². The van der Waals surface area contributed by atoms with Gasteiger partial charge in [0.15, 0.2) is 0 Å². The van der Waals surface area contributed by atoms with Crippen LogP contribution in [0.5, 0.6) is 0 Å². The fourth-order valence-electron chi connectivity index (χ4n) is 1.26. The summed E-state index contributed by atoms with van der Waals surface area (Å²) in [6.07, 6.45) is 5.07. The zero-order chi connectivity index (χ0) is 17.5. The van der Waals surface area contributed by atoms with Crippen molar-refractivity contribution in [2.24, 2.45) is 0 Å². The molecule has 0 aliphatic rings. The molecule has 122 valence electrons. The van der Waals surface area contributed by atoms with Crippen molar-refractivity contribution in [2.45, 2.75) is 12.8 Å². The van der Waals surface area contributed by atoms with Gasteiger partial charge in [0.1, 0.15) is 0 Å². The first-order valence-corrected chi connectivity index (χ1v) is 6.58. The van der Waals surface area contributed by atoms with Crippen molar-refractivity contribution < 1.29 is 29.0 Å².